The summed E-state index contributed by atoms with van der Waals surface area (Å²) in [6.45, 7) is 4.98. The van der Waals surface area contributed by atoms with Gasteiger partial charge in [-0.1, -0.05) is 12.1 Å². The summed E-state index contributed by atoms with van der Waals surface area (Å²) in [6, 6.07) is 10.4. The fourth-order valence-electron chi connectivity index (χ4n) is 4.26. The zero-order valence-corrected chi connectivity index (χ0v) is 17.5. The lowest BCUT2D eigenvalue weighted by Gasteiger charge is -2.44. The lowest BCUT2D eigenvalue weighted by atomic mass is 9.81. The Balaban J connectivity index is 1.50. The van der Waals surface area contributed by atoms with Crippen molar-refractivity contribution in [2.45, 2.75) is 38.7 Å². The number of likely N-dealkylation sites (tertiary alicyclic amines) is 1. The van der Waals surface area contributed by atoms with Crippen molar-refractivity contribution in [3.05, 3.63) is 64.2 Å². The molecule has 2 aromatic rings. The van der Waals surface area contributed by atoms with Crippen LogP contribution in [0.25, 0.3) is 0 Å². The van der Waals surface area contributed by atoms with Crippen LogP contribution in [0.5, 0.6) is 5.75 Å². The van der Waals surface area contributed by atoms with Gasteiger partial charge in [0.15, 0.2) is 5.78 Å². The topological polar surface area (TPSA) is 72.9 Å². The molecule has 0 N–H and O–H groups in total. The molecule has 2 aromatic carbocycles. The molecule has 2 aliphatic rings. The van der Waals surface area contributed by atoms with Gasteiger partial charge in [0.2, 0.25) is 0 Å². The highest BCUT2D eigenvalue weighted by Gasteiger charge is 2.44. The van der Waals surface area contributed by atoms with Gasteiger partial charge in [-0.15, -0.1) is 0 Å². The second kappa shape index (κ2) is 7.59. The second-order valence-corrected chi connectivity index (χ2v) is 8.13. The van der Waals surface area contributed by atoms with Crippen molar-refractivity contribution in [3.8, 4) is 5.75 Å². The summed E-state index contributed by atoms with van der Waals surface area (Å²) in [5, 5.41) is 0. The molecule has 2 heterocycles. The molecule has 0 aliphatic carbocycles. The van der Waals surface area contributed by atoms with E-state index in [0.29, 0.717) is 54.8 Å². The molecule has 2 aliphatic heterocycles. The van der Waals surface area contributed by atoms with Gasteiger partial charge in [-0.25, -0.2) is 4.79 Å². The first-order valence-electron chi connectivity index (χ1n) is 10.1. The monoisotopic (exact) mass is 407 g/mol. The molecule has 1 amide bonds. The molecular weight excluding hydrogens is 382 g/mol. The van der Waals surface area contributed by atoms with Crippen LogP contribution in [-0.4, -0.2) is 48.4 Å². The van der Waals surface area contributed by atoms with Gasteiger partial charge in [0, 0.05) is 31.5 Å². The van der Waals surface area contributed by atoms with Gasteiger partial charge in [0.1, 0.15) is 11.4 Å². The number of benzene rings is 2. The van der Waals surface area contributed by atoms with Gasteiger partial charge in [0.25, 0.3) is 5.91 Å². The number of ketones is 1. The van der Waals surface area contributed by atoms with E-state index in [4.69, 9.17) is 9.47 Å². The number of Topliss-reactive ketones (excluding diaryl/α,β-unsaturated/α-hetero) is 1. The summed E-state index contributed by atoms with van der Waals surface area (Å²) in [5.41, 5.74) is 2.98. The lowest BCUT2D eigenvalue weighted by molar-refractivity contribution is -0.00620. The number of hydrogen-bond donors (Lipinski definition) is 0. The van der Waals surface area contributed by atoms with Gasteiger partial charge in [-0.2, -0.15) is 0 Å². The van der Waals surface area contributed by atoms with Crippen LogP contribution in [0.15, 0.2) is 36.4 Å². The average Bonchev–Trinajstić information content (AvgIpc) is 2.76. The molecule has 1 fully saturated rings. The Morgan fingerprint density at radius 1 is 1.07 bits per heavy atom. The van der Waals surface area contributed by atoms with Crippen molar-refractivity contribution in [3.63, 3.8) is 0 Å². The number of ether oxygens (including phenoxy) is 2. The van der Waals surface area contributed by atoms with Crippen molar-refractivity contribution < 1.29 is 23.9 Å². The first kappa shape index (κ1) is 20.1. The molecule has 1 spiro atoms. The highest BCUT2D eigenvalue weighted by molar-refractivity contribution is 6.01. The number of rotatable bonds is 2. The van der Waals surface area contributed by atoms with E-state index in [2.05, 4.69) is 0 Å². The average molecular weight is 407 g/mol. The zero-order valence-electron chi connectivity index (χ0n) is 17.5. The number of nitrogens with zero attached hydrogens (tertiary/aromatic N) is 1. The third-order valence-electron chi connectivity index (χ3n) is 6.27. The maximum absolute atomic E-state index is 13.0. The van der Waals surface area contributed by atoms with Gasteiger partial charge in [-0.3, -0.25) is 9.59 Å². The first-order valence-corrected chi connectivity index (χ1v) is 10.1. The summed E-state index contributed by atoms with van der Waals surface area (Å²) >= 11 is 0. The third-order valence-corrected chi connectivity index (χ3v) is 6.27. The lowest BCUT2D eigenvalue weighted by Crippen LogP contribution is -2.52. The van der Waals surface area contributed by atoms with Crippen LogP contribution >= 0.6 is 0 Å². The van der Waals surface area contributed by atoms with Crippen molar-refractivity contribution >= 4 is 17.7 Å². The minimum atomic E-state index is -0.562. The van der Waals surface area contributed by atoms with Crippen molar-refractivity contribution in [1.82, 2.24) is 4.90 Å². The van der Waals surface area contributed by atoms with E-state index in [1.54, 1.807) is 29.2 Å². The largest absolute Gasteiger partial charge is 0.486 e. The number of carbonyl (C=O) groups is 3. The second-order valence-electron chi connectivity index (χ2n) is 8.13. The number of aryl methyl sites for hydroxylation is 1. The highest BCUT2D eigenvalue weighted by atomic mass is 16.5. The molecule has 0 unspecified atom stereocenters. The van der Waals surface area contributed by atoms with Crippen molar-refractivity contribution in [2.75, 3.05) is 20.2 Å². The fourth-order valence-corrected chi connectivity index (χ4v) is 4.26. The zero-order chi connectivity index (χ0) is 21.5. The fraction of sp³-hybridized carbons (Fsp3) is 0.375. The molecule has 6 nitrogen and oxygen atoms in total. The molecule has 156 valence electrons. The molecular formula is C24H25NO5. The normalized spacial score (nSPS) is 17.3. The Hall–Kier alpha value is -3.15. The smallest absolute Gasteiger partial charge is 0.337 e. The summed E-state index contributed by atoms with van der Waals surface area (Å²) in [4.78, 5) is 39.3. The predicted octanol–water partition coefficient (Wildman–Crippen LogP) is 3.73. The molecule has 0 aromatic heterocycles. The van der Waals surface area contributed by atoms with E-state index in [-0.39, 0.29) is 11.7 Å². The summed E-state index contributed by atoms with van der Waals surface area (Å²) in [5.74, 6) is 0.188. The van der Waals surface area contributed by atoms with E-state index in [9.17, 15) is 14.4 Å². The SMILES string of the molecule is COC(=O)c1cccc(C(=O)N2CCC3(CC2)CC(=O)c2ccc(C)c(C)c2O3)c1. The van der Waals surface area contributed by atoms with Gasteiger partial charge < -0.3 is 14.4 Å². The molecule has 6 heteroatoms. The summed E-state index contributed by atoms with van der Waals surface area (Å²) < 4.78 is 11.2. The molecule has 4 rings (SSSR count). The Labute approximate surface area is 175 Å². The number of amides is 1. The highest BCUT2D eigenvalue weighted by Crippen LogP contribution is 2.41. The number of esters is 1. The number of hydrogen-bond acceptors (Lipinski definition) is 5. The van der Waals surface area contributed by atoms with Crippen LogP contribution in [0.1, 0.15) is 61.5 Å². The molecule has 0 bridgehead atoms. The first-order chi connectivity index (χ1) is 14.3. The van der Waals surface area contributed by atoms with Crippen molar-refractivity contribution in [2.24, 2.45) is 0 Å². The van der Waals surface area contributed by atoms with Crippen LogP contribution in [0.2, 0.25) is 0 Å². The standard InChI is InChI=1S/C24H25NO5/c1-15-7-8-19-20(26)14-24(30-21(19)16(15)2)9-11-25(12-10-24)22(27)17-5-4-6-18(13-17)23(28)29-3/h4-8,13H,9-12,14H2,1-3H3. The van der Waals surface area contributed by atoms with E-state index in [0.717, 1.165) is 11.1 Å². The Kier molecular flexibility index (Phi) is 5.10. The van der Waals surface area contributed by atoms with E-state index in [1.165, 1.54) is 7.11 Å². The van der Waals surface area contributed by atoms with Crippen LogP contribution < -0.4 is 4.74 Å². The Morgan fingerprint density at radius 3 is 2.47 bits per heavy atom. The Bertz CT molecular complexity index is 1030. The molecule has 0 atom stereocenters. The minimum absolute atomic E-state index is 0.102. The Morgan fingerprint density at radius 2 is 1.77 bits per heavy atom. The maximum Gasteiger partial charge on any atom is 0.337 e. The van der Waals surface area contributed by atoms with Gasteiger partial charge in [-0.05, 0) is 49.2 Å². The third kappa shape index (κ3) is 3.47. The van der Waals surface area contributed by atoms with E-state index in [1.807, 2.05) is 26.0 Å². The summed E-state index contributed by atoms with van der Waals surface area (Å²) in [7, 11) is 1.31. The molecule has 30 heavy (non-hydrogen) atoms. The minimum Gasteiger partial charge on any atom is -0.486 e. The number of fused-ring (bicyclic) bond motifs is 1. The van der Waals surface area contributed by atoms with Crippen LogP contribution in [0.3, 0.4) is 0 Å². The van der Waals surface area contributed by atoms with E-state index < -0.39 is 11.6 Å². The van der Waals surface area contributed by atoms with Crippen LogP contribution in [-0.2, 0) is 4.74 Å². The quantitative estimate of drug-likeness (QED) is 0.710. The number of piperidine rings is 1. The van der Waals surface area contributed by atoms with Crippen LogP contribution in [0.4, 0.5) is 0 Å². The molecule has 0 saturated carbocycles. The van der Waals surface area contributed by atoms with E-state index >= 15 is 0 Å². The number of methoxy groups -OCH3 is 1. The van der Waals surface area contributed by atoms with Crippen LogP contribution in [0, 0.1) is 13.8 Å². The molecule has 0 radical (unpaired) electrons. The number of carbonyl (C=O) groups excluding carboxylic acids is 3. The maximum atomic E-state index is 13.0. The summed E-state index contributed by atoms with van der Waals surface area (Å²) in [6.07, 6.45) is 1.52. The predicted molar refractivity (Wildman–Crippen MR) is 111 cm³/mol. The van der Waals surface area contributed by atoms with Gasteiger partial charge in [0.05, 0.1) is 24.7 Å². The van der Waals surface area contributed by atoms with Crippen molar-refractivity contribution in [1.29, 1.82) is 0 Å². The van der Waals surface area contributed by atoms with Gasteiger partial charge >= 0.3 is 5.97 Å². The molecule has 1 saturated heterocycles.